The molecule has 0 aliphatic heterocycles. The Kier molecular flexibility index (Phi) is 5.41. The molecular formula is C22H28N4O4S. The van der Waals surface area contributed by atoms with E-state index in [2.05, 4.69) is 20.2 Å². The normalized spacial score (nSPS) is 24.3. The van der Waals surface area contributed by atoms with Crippen molar-refractivity contribution in [2.45, 2.75) is 39.5 Å². The molecule has 3 N–H and O–H groups in total. The first-order valence-electron chi connectivity index (χ1n) is 10.5. The zero-order chi connectivity index (χ0) is 22.3. The predicted molar refractivity (Wildman–Crippen MR) is 117 cm³/mol. The summed E-state index contributed by atoms with van der Waals surface area (Å²) < 4.78 is 28.5. The Balaban J connectivity index is 1.43. The number of benzene rings is 1. The first kappa shape index (κ1) is 21.5. The number of anilines is 1. The maximum absolute atomic E-state index is 13.0. The van der Waals surface area contributed by atoms with Gasteiger partial charge in [-0.3, -0.25) is 19.4 Å². The molecular weight excluding hydrogens is 416 g/mol. The average molecular weight is 445 g/mol. The van der Waals surface area contributed by atoms with E-state index >= 15 is 0 Å². The van der Waals surface area contributed by atoms with Crippen molar-refractivity contribution in [3.63, 3.8) is 0 Å². The number of H-pyrrole nitrogens is 1. The fourth-order valence-electron chi connectivity index (χ4n) is 5.23. The number of sulfonamides is 1. The quantitative estimate of drug-likeness (QED) is 0.578. The summed E-state index contributed by atoms with van der Waals surface area (Å²) >= 11 is 0. The van der Waals surface area contributed by atoms with Gasteiger partial charge < -0.3 is 5.32 Å². The molecule has 1 heterocycles. The summed E-state index contributed by atoms with van der Waals surface area (Å²) in [5.41, 5.74) is 0.00578. The number of hydrogen-bond donors (Lipinski definition) is 3. The Morgan fingerprint density at radius 3 is 2.65 bits per heavy atom. The van der Waals surface area contributed by atoms with Crippen molar-refractivity contribution < 1.29 is 18.0 Å². The minimum Gasteiger partial charge on any atom is -0.350 e. The van der Waals surface area contributed by atoms with Crippen molar-refractivity contribution >= 4 is 27.4 Å². The third-order valence-corrected chi connectivity index (χ3v) is 8.65. The first-order chi connectivity index (χ1) is 14.6. The van der Waals surface area contributed by atoms with E-state index in [4.69, 9.17) is 0 Å². The highest BCUT2D eigenvalue weighted by Gasteiger charge is 2.65. The van der Waals surface area contributed by atoms with Gasteiger partial charge in [0.1, 0.15) is 11.5 Å². The van der Waals surface area contributed by atoms with E-state index < -0.39 is 21.3 Å². The number of carbonyl (C=O) groups excluding carboxylic acids is 2. The summed E-state index contributed by atoms with van der Waals surface area (Å²) in [6, 6.07) is 9.74. The smallest absolute Gasteiger partial charge is 0.271 e. The molecule has 166 valence electrons. The van der Waals surface area contributed by atoms with E-state index in [9.17, 15) is 18.0 Å². The largest absolute Gasteiger partial charge is 0.350 e. The molecule has 2 fully saturated rings. The lowest BCUT2D eigenvalue weighted by Gasteiger charge is -2.36. The van der Waals surface area contributed by atoms with Crippen LogP contribution in [-0.4, -0.2) is 42.6 Å². The fourth-order valence-corrected chi connectivity index (χ4v) is 7.11. The van der Waals surface area contributed by atoms with E-state index in [1.165, 1.54) is 6.20 Å². The van der Waals surface area contributed by atoms with Gasteiger partial charge in [0.25, 0.3) is 5.91 Å². The minimum absolute atomic E-state index is 0.0326. The Morgan fingerprint density at radius 2 is 2.00 bits per heavy atom. The summed E-state index contributed by atoms with van der Waals surface area (Å²) in [4.78, 5) is 25.2. The van der Waals surface area contributed by atoms with Gasteiger partial charge in [-0.05, 0) is 36.2 Å². The van der Waals surface area contributed by atoms with E-state index in [0.717, 1.165) is 12.0 Å². The molecule has 2 saturated carbocycles. The van der Waals surface area contributed by atoms with E-state index in [0.29, 0.717) is 25.8 Å². The number of amides is 1. The molecule has 8 nitrogen and oxygen atoms in total. The number of hydrogen-bond acceptors (Lipinski definition) is 5. The Hall–Kier alpha value is -2.68. The molecule has 2 aromatic rings. The van der Waals surface area contributed by atoms with Crippen molar-refractivity contribution in [1.82, 2.24) is 15.5 Å². The standard InChI is InChI=1S/C22H28N4O4S/c1-21(2)16-8-10-22(21,18(27)12-16)14-31(29,30)26-17-13-24-25-19(17)20(28)23-11-9-15-6-4-3-5-7-15/h3-7,13,16,26H,8-12,14H2,1-2H3,(H,23,28)(H,24,25)/t16?,22-/m0/s1. The summed E-state index contributed by atoms with van der Waals surface area (Å²) in [6.07, 6.45) is 3.84. The molecule has 0 spiro atoms. The van der Waals surface area contributed by atoms with Gasteiger partial charge in [0, 0.05) is 13.0 Å². The minimum atomic E-state index is -3.87. The van der Waals surface area contributed by atoms with Crippen LogP contribution in [0.3, 0.4) is 0 Å². The van der Waals surface area contributed by atoms with Crippen LogP contribution in [0.5, 0.6) is 0 Å². The third kappa shape index (κ3) is 3.86. The average Bonchev–Trinajstić information content (AvgIpc) is 3.31. The molecule has 2 aliphatic carbocycles. The highest BCUT2D eigenvalue weighted by Crippen LogP contribution is 2.64. The van der Waals surface area contributed by atoms with Crippen molar-refractivity contribution in [2.75, 3.05) is 17.0 Å². The summed E-state index contributed by atoms with van der Waals surface area (Å²) in [6.45, 7) is 4.39. The number of nitrogens with one attached hydrogen (secondary N) is 3. The number of nitrogens with zero attached hydrogens (tertiary/aromatic N) is 1. The van der Waals surface area contributed by atoms with Gasteiger partial charge in [0.15, 0.2) is 0 Å². The topological polar surface area (TPSA) is 121 Å². The molecule has 31 heavy (non-hydrogen) atoms. The van der Waals surface area contributed by atoms with Crippen molar-refractivity contribution in [2.24, 2.45) is 16.7 Å². The Labute approximate surface area is 182 Å². The maximum atomic E-state index is 13.0. The van der Waals surface area contributed by atoms with Crippen molar-refractivity contribution in [3.05, 3.63) is 47.8 Å². The molecule has 1 aromatic heterocycles. The second kappa shape index (κ2) is 7.78. The number of fused-ring (bicyclic) bond motifs is 2. The van der Waals surface area contributed by atoms with Gasteiger partial charge in [-0.1, -0.05) is 44.2 Å². The lowest BCUT2D eigenvalue weighted by Crippen LogP contribution is -2.43. The molecule has 0 saturated heterocycles. The number of Topliss-reactive ketones (excluding diaryl/α,β-unsaturated/α-hetero) is 1. The van der Waals surface area contributed by atoms with E-state index in [1.54, 1.807) is 0 Å². The molecule has 4 rings (SSSR count). The fraction of sp³-hybridized carbons (Fsp3) is 0.500. The molecule has 9 heteroatoms. The van der Waals surface area contributed by atoms with Crippen LogP contribution >= 0.6 is 0 Å². The van der Waals surface area contributed by atoms with Gasteiger partial charge in [0.05, 0.1) is 23.1 Å². The summed E-state index contributed by atoms with van der Waals surface area (Å²) in [5.74, 6) is -0.453. The molecule has 2 aliphatic rings. The number of aromatic amines is 1. The van der Waals surface area contributed by atoms with Gasteiger partial charge in [-0.2, -0.15) is 5.10 Å². The molecule has 0 radical (unpaired) electrons. The summed E-state index contributed by atoms with van der Waals surface area (Å²) in [5, 5.41) is 9.19. The second-order valence-electron chi connectivity index (χ2n) is 9.18. The van der Waals surface area contributed by atoms with E-state index in [-0.39, 0.29) is 34.3 Å². The highest BCUT2D eigenvalue weighted by atomic mass is 32.2. The van der Waals surface area contributed by atoms with Gasteiger partial charge in [-0.15, -0.1) is 0 Å². The SMILES string of the molecule is CC1(C)C2CC[C@]1(CS(=O)(=O)Nc1cn[nH]c1C(=O)NCCc1ccccc1)C(=O)C2. The number of aromatic nitrogens is 2. The van der Waals surface area contributed by atoms with Crippen LogP contribution in [-0.2, 0) is 21.2 Å². The lowest BCUT2D eigenvalue weighted by atomic mass is 9.70. The second-order valence-corrected chi connectivity index (χ2v) is 10.9. The molecule has 2 bridgehead atoms. The summed E-state index contributed by atoms with van der Waals surface area (Å²) in [7, 11) is -3.87. The third-order valence-electron chi connectivity index (χ3n) is 7.25. The Morgan fingerprint density at radius 1 is 1.26 bits per heavy atom. The first-order valence-corrected chi connectivity index (χ1v) is 12.2. The zero-order valence-electron chi connectivity index (χ0n) is 17.8. The highest BCUT2D eigenvalue weighted by molar-refractivity contribution is 7.92. The van der Waals surface area contributed by atoms with Crippen LogP contribution in [0.15, 0.2) is 36.5 Å². The van der Waals surface area contributed by atoms with Crippen LogP contribution in [0.25, 0.3) is 0 Å². The van der Waals surface area contributed by atoms with Gasteiger partial charge >= 0.3 is 0 Å². The van der Waals surface area contributed by atoms with Crippen LogP contribution in [0.4, 0.5) is 5.69 Å². The van der Waals surface area contributed by atoms with Crippen molar-refractivity contribution in [1.29, 1.82) is 0 Å². The van der Waals surface area contributed by atoms with Crippen LogP contribution in [0.1, 0.15) is 49.2 Å². The Bertz CT molecular complexity index is 1090. The molecule has 1 aromatic carbocycles. The molecule has 1 amide bonds. The predicted octanol–water partition coefficient (Wildman–Crippen LogP) is 2.52. The van der Waals surface area contributed by atoms with E-state index in [1.807, 2.05) is 44.2 Å². The monoisotopic (exact) mass is 444 g/mol. The lowest BCUT2D eigenvalue weighted by molar-refractivity contribution is -0.128. The number of ketones is 1. The molecule has 1 unspecified atom stereocenters. The molecule has 2 atom stereocenters. The van der Waals surface area contributed by atoms with Crippen LogP contribution in [0.2, 0.25) is 0 Å². The van der Waals surface area contributed by atoms with Crippen molar-refractivity contribution in [3.8, 4) is 0 Å². The van der Waals surface area contributed by atoms with Crippen LogP contribution < -0.4 is 10.0 Å². The van der Waals surface area contributed by atoms with Gasteiger partial charge in [-0.25, -0.2) is 8.42 Å². The zero-order valence-corrected chi connectivity index (χ0v) is 18.6. The van der Waals surface area contributed by atoms with Crippen LogP contribution in [0, 0.1) is 16.7 Å². The number of rotatable bonds is 8. The number of carbonyl (C=O) groups is 2. The maximum Gasteiger partial charge on any atom is 0.271 e. The van der Waals surface area contributed by atoms with Gasteiger partial charge in [0.2, 0.25) is 10.0 Å².